The SMILES string of the molecule is CSC(=Nc1cccc2c1CN(C(=O)OC(C)(C)C)CC2)NC#N. The van der Waals surface area contributed by atoms with Crippen LogP contribution < -0.4 is 5.32 Å². The maximum atomic E-state index is 12.3. The highest BCUT2D eigenvalue weighted by Crippen LogP contribution is 2.29. The smallest absolute Gasteiger partial charge is 0.410 e. The standard InChI is InChI=1S/C17H22N4O2S/c1-17(2,3)23-16(22)21-9-8-12-6-5-7-14(13(12)10-21)20-15(24-4)19-11-18/h5-7H,8-10H2,1-4H3,(H,19,20). The molecule has 1 aliphatic heterocycles. The minimum Gasteiger partial charge on any atom is -0.444 e. The van der Waals surface area contributed by atoms with E-state index in [0.717, 1.165) is 17.7 Å². The predicted octanol–water partition coefficient (Wildman–Crippen LogP) is 3.40. The molecule has 0 unspecified atom stereocenters. The van der Waals surface area contributed by atoms with Crippen LogP contribution in [0.5, 0.6) is 0 Å². The zero-order chi connectivity index (χ0) is 17.7. The number of hydrogen-bond acceptors (Lipinski definition) is 5. The largest absolute Gasteiger partial charge is 0.444 e. The molecule has 6 nitrogen and oxygen atoms in total. The lowest BCUT2D eigenvalue weighted by atomic mass is 9.98. The van der Waals surface area contributed by atoms with Crippen LogP contribution in [-0.4, -0.2) is 34.6 Å². The van der Waals surface area contributed by atoms with Gasteiger partial charge in [-0.25, -0.2) is 9.79 Å². The van der Waals surface area contributed by atoms with Crippen molar-refractivity contribution in [1.29, 1.82) is 5.26 Å². The van der Waals surface area contributed by atoms with Crippen molar-refractivity contribution in [3.05, 3.63) is 29.3 Å². The number of nitrogens with zero attached hydrogens (tertiary/aromatic N) is 3. The Morgan fingerprint density at radius 2 is 2.21 bits per heavy atom. The van der Waals surface area contributed by atoms with E-state index in [1.165, 1.54) is 17.3 Å². The van der Waals surface area contributed by atoms with E-state index in [-0.39, 0.29) is 6.09 Å². The molecule has 0 atom stereocenters. The van der Waals surface area contributed by atoms with Gasteiger partial charge in [-0.1, -0.05) is 23.9 Å². The summed E-state index contributed by atoms with van der Waals surface area (Å²) in [5.41, 5.74) is 2.43. The number of rotatable bonds is 1. The summed E-state index contributed by atoms with van der Waals surface area (Å²) in [7, 11) is 0. The van der Waals surface area contributed by atoms with Gasteiger partial charge in [0.2, 0.25) is 0 Å². The average Bonchev–Trinajstić information content (AvgIpc) is 2.52. The number of aliphatic imine (C=N–C) groups is 1. The van der Waals surface area contributed by atoms with E-state index in [1.54, 1.807) is 4.90 Å². The fourth-order valence-corrected chi connectivity index (χ4v) is 2.77. The molecule has 1 aromatic carbocycles. The lowest BCUT2D eigenvalue weighted by Crippen LogP contribution is -2.39. The number of nitrogens with one attached hydrogen (secondary N) is 1. The molecule has 1 amide bonds. The van der Waals surface area contributed by atoms with Crippen molar-refractivity contribution in [3.8, 4) is 6.19 Å². The maximum Gasteiger partial charge on any atom is 0.410 e. The topological polar surface area (TPSA) is 77.7 Å². The Morgan fingerprint density at radius 1 is 1.46 bits per heavy atom. The molecule has 1 N–H and O–H groups in total. The van der Waals surface area contributed by atoms with Crippen LogP contribution in [0.2, 0.25) is 0 Å². The Morgan fingerprint density at radius 3 is 2.83 bits per heavy atom. The van der Waals surface area contributed by atoms with Crippen molar-refractivity contribution in [1.82, 2.24) is 10.2 Å². The van der Waals surface area contributed by atoms with Crippen LogP contribution in [0.15, 0.2) is 23.2 Å². The summed E-state index contributed by atoms with van der Waals surface area (Å²) in [5.74, 6) is 0. The van der Waals surface area contributed by atoms with Gasteiger partial charge >= 0.3 is 6.09 Å². The minimum atomic E-state index is -0.516. The van der Waals surface area contributed by atoms with Gasteiger partial charge in [0, 0.05) is 12.1 Å². The molecule has 0 fully saturated rings. The molecule has 2 rings (SSSR count). The molecule has 7 heteroatoms. The van der Waals surface area contributed by atoms with Gasteiger partial charge in [0.25, 0.3) is 0 Å². The lowest BCUT2D eigenvalue weighted by molar-refractivity contribution is 0.0224. The summed E-state index contributed by atoms with van der Waals surface area (Å²) < 4.78 is 5.46. The molecule has 0 bridgehead atoms. The van der Waals surface area contributed by atoms with Gasteiger partial charge in [-0.05, 0) is 45.1 Å². The number of fused-ring (bicyclic) bond motifs is 1. The van der Waals surface area contributed by atoms with E-state index < -0.39 is 5.60 Å². The summed E-state index contributed by atoms with van der Waals surface area (Å²) in [6, 6.07) is 5.90. The third kappa shape index (κ3) is 4.65. The van der Waals surface area contributed by atoms with Crippen LogP contribution in [-0.2, 0) is 17.7 Å². The van der Waals surface area contributed by atoms with E-state index in [4.69, 9.17) is 10.00 Å². The van der Waals surface area contributed by atoms with Crippen molar-refractivity contribution >= 4 is 28.7 Å². The summed E-state index contributed by atoms with van der Waals surface area (Å²) in [6.45, 7) is 6.66. The first-order valence-corrected chi connectivity index (χ1v) is 8.93. The van der Waals surface area contributed by atoms with Crippen molar-refractivity contribution in [2.75, 3.05) is 12.8 Å². The van der Waals surface area contributed by atoms with E-state index in [1.807, 2.05) is 45.4 Å². The quantitative estimate of drug-likeness (QED) is 0.365. The Hall–Kier alpha value is -2.20. The number of hydrogen-bond donors (Lipinski definition) is 1. The molecule has 1 aromatic rings. The number of carbonyl (C=O) groups excluding carboxylic acids is 1. The Bertz CT molecular complexity index is 689. The maximum absolute atomic E-state index is 12.3. The Kier molecular flexibility index (Phi) is 5.73. The van der Waals surface area contributed by atoms with Crippen LogP contribution in [0, 0.1) is 11.5 Å². The number of carbonyl (C=O) groups is 1. The van der Waals surface area contributed by atoms with Gasteiger partial charge in [-0.2, -0.15) is 5.26 Å². The minimum absolute atomic E-state index is 0.313. The van der Waals surface area contributed by atoms with Gasteiger partial charge in [0.05, 0.1) is 12.2 Å². The molecule has 1 heterocycles. The number of amides is 1. The van der Waals surface area contributed by atoms with Crippen LogP contribution >= 0.6 is 11.8 Å². The van der Waals surface area contributed by atoms with Crippen molar-refractivity contribution in [3.63, 3.8) is 0 Å². The van der Waals surface area contributed by atoms with Crippen LogP contribution in [0.3, 0.4) is 0 Å². The zero-order valence-electron chi connectivity index (χ0n) is 14.4. The molecule has 128 valence electrons. The molecule has 0 aromatic heterocycles. The first-order valence-electron chi connectivity index (χ1n) is 7.70. The third-order valence-electron chi connectivity index (χ3n) is 3.48. The molecule has 0 spiro atoms. The number of amidine groups is 1. The zero-order valence-corrected chi connectivity index (χ0v) is 15.2. The predicted molar refractivity (Wildman–Crippen MR) is 96.1 cm³/mol. The Balaban J connectivity index is 2.26. The summed E-state index contributed by atoms with van der Waals surface area (Å²) in [6.07, 6.45) is 4.19. The number of nitriles is 1. The van der Waals surface area contributed by atoms with Gasteiger partial charge in [-0.15, -0.1) is 0 Å². The Labute approximate surface area is 146 Å². The van der Waals surface area contributed by atoms with Crippen LogP contribution in [0.25, 0.3) is 0 Å². The highest BCUT2D eigenvalue weighted by atomic mass is 32.2. The molecule has 1 aliphatic rings. The van der Waals surface area contributed by atoms with E-state index >= 15 is 0 Å². The van der Waals surface area contributed by atoms with Crippen LogP contribution in [0.4, 0.5) is 10.5 Å². The summed E-state index contributed by atoms with van der Waals surface area (Å²) in [5, 5.41) is 11.9. The molecule has 0 radical (unpaired) electrons. The van der Waals surface area contributed by atoms with Crippen molar-refractivity contribution in [2.24, 2.45) is 4.99 Å². The number of benzene rings is 1. The van der Waals surface area contributed by atoms with Gasteiger partial charge in [0.15, 0.2) is 11.4 Å². The monoisotopic (exact) mass is 346 g/mol. The molecular weight excluding hydrogens is 324 g/mol. The van der Waals surface area contributed by atoms with Crippen molar-refractivity contribution in [2.45, 2.75) is 39.3 Å². The molecule has 24 heavy (non-hydrogen) atoms. The summed E-state index contributed by atoms with van der Waals surface area (Å²) in [4.78, 5) is 18.5. The van der Waals surface area contributed by atoms with Crippen LogP contribution in [0.1, 0.15) is 31.9 Å². The second-order valence-electron chi connectivity index (χ2n) is 6.42. The second kappa shape index (κ2) is 7.58. The van der Waals surface area contributed by atoms with E-state index in [2.05, 4.69) is 16.4 Å². The van der Waals surface area contributed by atoms with Gasteiger partial charge in [0.1, 0.15) is 5.60 Å². The van der Waals surface area contributed by atoms with E-state index in [0.29, 0.717) is 18.3 Å². The molecule has 0 aliphatic carbocycles. The number of ether oxygens (including phenoxy) is 1. The van der Waals surface area contributed by atoms with Crippen molar-refractivity contribution < 1.29 is 9.53 Å². The van der Waals surface area contributed by atoms with E-state index in [9.17, 15) is 4.79 Å². The molecule has 0 saturated heterocycles. The normalized spacial score (nSPS) is 14.6. The third-order valence-corrected chi connectivity index (χ3v) is 4.06. The fourth-order valence-electron chi connectivity index (χ4n) is 2.43. The van der Waals surface area contributed by atoms with Gasteiger partial charge in [-0.3, -0.25) is 5.32 Å². The number of thioether (sulfide) groups is 1. The molecule has 0 saturated carbocycles. The summed E-state index contributed by atoms with van der Waals surface area (Å²) >= 11 is 1.37. The molecular formula is C17H22N4O2S. The lowest BCUT2D eigenvalue weighted by Gasteiger charge is -2.31. The van der Waals surface area contributed by atoms with Gasteiger partial charge < -0.3 is 9.64 Å². The average molecular weight is 346 g/mol. The fraction of sp³-hybridized carbons (Fsp3) is 0.471. The first kappa shape index (κ1) is 18.1. The highest BCUT2D eigenvalue weighted by Gasteiger charge is 2.26. The second-order valence-corrected chi connectivity index (χ2v) is 7.22. The highest BCUT2D eigenvalue weighted by molar-refractivity contribution is 8.13. The first-order chi connectivity index (χ1) is 11.3.